The number of hydrogen-bond donors (Lipinski definition) is 1. The average molecular weight is 369 g/mol. The fraction of sp³-hybridized carbons (Fsp3) is 0.188. The van der Waals surface area contributed by atoms with E-state index in [4.69, 9.17) is 22.1 Å². The smallest absolute Gasteiger partial charge is 0.416 e. The molecule has 0 fully saturated rings. The largest absolute Gasteiger partial charge is 0.476 e. The Bertz CT molecular complexity index is 947. The van der Waals surface area contributed by atoms with Gasteiger partial charge in [-0.3, -0.25) is 0 Å². The molecule has 0 spiro atoms. The average Bonchev–Trinajstić information content (AvgIpc) is 2.54. The number of nitrogens with zero attached hydrogens (tertiary/aromatic N) is 3. The first-order valence-electron chi connectivity index (χ1n) is 7.23. The van der Waals surface area contributed by atoms with Gasteiger partial charge in [0.2, 0.25) is 11.8 Å². The lowest BCUT2D eigenvalue weighted by Gasteiger charge is -2.11. The zero-order chi connectivity index (χ0) is 18.2. The molecule has 2 aromatic heterocycles. The first-order valence-corrected chi connectivity index (χ1v) is 7.61. The number of fused-ring (bicyclic) bond motifs is 1. The number of halogens is 4. The number of nitrogens with two attached hydrogens (primary N) is 1. The van der Waals surface area contributed by atoms with Gasteiger partial charge in [-0.1, -0.05) is 11.6 Å². The van der Waals surface area contributed by atoms with E-state index >= 15 is 0 Å². The second-order valence-electron chi connectivity index (χ2n) is 5.08. The summed E-state index contributed by atoms with van der Waals surface area (Å²) in [6, 6.07) is 6.16. The zero-order valence-corrected chi connectivity index (χ0v) is 13.7. The number of anilines is 1. The molecule has 5 nitrogen and oxygen atoms in total. The molecule has 25 heavy (non-hydrogen) atoms. The fourth-order valence-electron chi connectivity index (χ4n) is 2.29. The standard InChI is InChI=1S/C16H12ClF3N4O/c1-2-25-14-13-12(23-15(21)24-14)6-5-11(22-13)9-7-8(16(18,19)20)3-4-10(9)17/h3-7H,2H2,1H3,(H2,21,23,24). The molecule has 0 unspecified atom stereocenters. The highest BCUT2D eigenvalue weighted by Gasteiger charge is 2.31. The van der Waals surface area contributed by atoms with Crippen LogP contribution in [0.15, 0.2) is 30.3 Å². The Morgan fingerprint density at radius 3 is 2.56 bits per heavy atom. The van der Waals surface area contributed by atoms with Gasteiger partial charge in [-0.2, -0.15) is 18.2 Å². The minimum atomic E-state index is -4.48. The van der Waals surface area contributed by atoms with Crippen molar-refractivity contribution in [2.75, 3.05) is 12.3 Å². The van der Waals surface area contributed by atoms with Gasteiger partial charge in [0, 0.05) is 10.6 Å². The number of pyridine rings is 1. The van der Waals surface area contributed by atoms with Crippen molar-refractivity contribution in [3.63, 3.8) is 0 Å². The van der Waals surface area contributed by atoms with E-state index in [1.165, 1.54) is 12.1 Å². The first kappa shape index (κ1) is 17.2. The van der Waals surface area contributed by atoms with Crippen molar-refractivity contribution in [1.29, 1.82) is 0 Å². The van der Waals surface area contributed by atoms with Crippen LogP contribution in [-0.2, 0) is 6.18 Å². The van der Waals surface area contributed by atoms with Crippen molar-refractivity contribution in [2.45, 2.75) is 13.1 Å². The number of benzene rings is 1. The molecule has 3 rings (SSSR count). The Morgan fingerprint density at radius 1 is 1.12 bits per heavy atom. The topological polar surface area (TPSA) is 73.9 Å². The maximum Gasteiger partial charge on any atom is 0.416 e. The molecule has 0 radical (unpaired) electrons. The molecule has 0 atom stereocenters. The van der Waals surface area contributed by atoms with Crippen molar-refractivity contribution in [1.82, 2.24) is 15.0 Å². The highest BCUT2D eigenvalue weighted by Crippen LogP contribution is 2.36. The quantitative estimate of drug-likeness (QED) is 0.744. The molecule has 0 bridgehead atoms. The van der Waals surface area contributed by atoms with E-state index in [1.807, 2.05) is 0 Å². The Kier molecular flexibility index (Phi) is 4.38. The molecule has 9 heteroatoms. The molecular weight excluding hydrogens is 357 g/mol. The van der Waals surface area contributed by atoms with Crippen molar-refractivity contribution >= 4 is 28.6 Å². The van der Waals surface area contributed by atoms with E-state index in [0.29, 0.717) is 17.6 Å². The lowest BCUT2D eigenvalue weighted by molar-refractivity contribution is -0.137. The summed E-state index contributed by atoms with van der Waals surface area (Å²) in [5.41, 5.74) is 5.92. The van der Waals surface area contributed by atoms with Crippen molar-refractivity contribution in [2.24, 2.45) is 0 Å². The summed E-state index contributed by atoms with van der Waals surface area (Å²) >= 11 is 6.07. The Morgan fingerprint density at radius 2 is 1.88 bits per heavy atom. The van der Waals surface area contributed by atoms with Crippen LogP contribution in [0.4, 0.5) is 19.1 Å². The molecule has 3 aromatic rings. The van der Waals surface area contributed by atoms with Crippen LogP contribution in [0.2, 0.25) is 5.02 Å². The first-order chi connectivity index (χ1) is 11.8. The second kappa shape index (κ2) is 6.36. The molecule has 2 N–H and O–H groups in total. The number of hydrogen-bond acceptors (Lipinski definition) is 5. The summed E-state index contributed by atoms with van der Waals surface area (Å²) in [4.78, 5) is 12.3. The summed E-state index contributed by atoms with van der Waals surface area (Å²) in [5, 5.41) is 0.147. The van der Waals surface area contributed by atoms with Crippen LogP contribution in [0.5, 0.6) is 5.88 Å². The minimum absolute atomic E-state index is 0.0163. The third-order valence-corrected chi connectivity index (χ3v) is 3.71. The van der Waals surface area contributed by atoms with E-state index in [-0.39, 0.29) is 28.1 Å². The fourth-order valence-corrected chi connectivity index (χ4v) is 2.50. The number of ether oxygens (including phenoxy) is 1. The molecule has 0 saturated carbocycles. The van der Waals surface area contributed by atoms with Gasteiger partial charge < -0.3 is 10.5 Å². The van der Waals surface area contributed by atoms with E-state index in [9.17, 15) is 13.2 Å². The van der Waals surface area contributed by atoms with Gasteiger partial charge in [0.15, 0.2) is 5.52 Å². The van der Waals surface area contributed by atoms with Gasteiger partial charge in [0.25, 0.3) is 0 Å². The molecule has 0 aliphatic rings. The van der Waals surface area contributed by atoms with E-state index in [0.717, 1.165) is 12.1 Å². The summed E-state index contributed by atoms with van der Waals surface area (Å²) in [6.45, 7) is 2.08. The van der Waals surface area contributed by atoms with Crippen molar-refractivity contribution in [3.8, 4) is 17.1 Å². The number of aromatic nitrogens is 3. The van der Waals surface area contributed by atoms with Gasteiger partial charge >= 0.3 is 6.18 Å². The van der Waals surface area contributed by atoms with Crippen LogP contribution >= 0.6 is 11.6 Å². The molecule has 1 aromatic carbocycles. The second-order valence-corrected chi connectivity index (χ2v) is 5.48. The van der Waals surface area contributed by atoms with Gasteiger partial charge in [-0.15, -0.1) is 0 Å². The van der Waals surface area contributed by atoms with Crippen LogP contribution in [0.1, 0.15) is 12.5 Å². The van der Waals surface area contributed by atoms with Gasteiger partial charge in [0.1, 0.15) is 0 Å². The predicted octanol–water partition coefficient (Wildman–Crippen LogP) is 4.34. The maximum atomic E-state index is 13.0. The Balaban J connectivity index is 2.20. The summed E-state index contributed by atoms with van der Waals surface area (Å²) in [6.07, 6.45) is -4.48. The van der Waals surface area contributed by atoms with Crippen molar-refractivity contribution < 1.29 is 17.9 Å². The normalized spacial score (nSPS) is 11.7. The predicted molar refractivity (Wildman–Crippen MR) is 88.4 cm³/mol. The van der Waals surface area contributed by atoms with Gasteiger partial charge in [-0.05, 0) is 37.3 Å². The highest BCUT2D eigenvalue weighted by molar-refractivity contribution is 6.33. The summed E-state index contributed by atoms with van der Waals surface area (Å²) in [5.74, 6) is 0.178. The van der Waals surface area contributed by atoms with Crippen molar-refractivity contribution in [3.05, 3.63) is 40.9 Å². The van der Waals surface area contributed by atoms with Crippen LogP contribution in [0.3, 0.4) is 0 Å². The minimum Gasteiger partial charge on any atom is -0.476 e. The lowest BCUT2D eigenvalue weighted by Crippen LogP contribution is -2.05. The van der Waals surface area contributed by atoms with Crippen LogP contribution in [-0.4, -0.2) is 21.6 Å². The molecule has 0 aliphatic heterocycles. The summed E-state index contributed by atoms with van der Waals surface area (Å²) < 4.78 is 44.3. The van der Waals surface area contributed by atoms with E-state index in [1.54, 1.807) is 13.0 Å². The zero-order valence-electron chi connectivity index (χ0n) is 12.9. The monoisotopic (exact) mass is 368 g/mol. The number of alkyl halides is 3. The summed E-state index contributed by atoms with van der Waals surface area (Å²) in [7, 11) is 0. The van der Waals surface area contributed by atoms with Crippen LogP contribution in [0, 0.1) is 0 Å². The molecule has 0 amide bonds. The molecule has 0 aliphatic carbocycles. The van der Waals surface area contributed by atoms with Gasteiger partial charge in [0.05, 0.1) is 23.4 Å². The molecule has 130 valence electrons. The molecule has 2 heterocycles. The van der Waals surface area contributed by atoms with E-state index < -0.39 is 11.7 Å². The number of nitrogen functional groups attached to an aromatic ring is 1. The highest BCUT2D eigenvalue weighted by atomic mass is 35.5. The molecule has 0 saturated heterocycles. The van der Waals surface area contributed by atoms with Crippen LogP contribution < -0.4 is 10.5 Å². The number of rotatable bonds is 3. The SMILES string of the molecule is CCOc1nc(N)nc2ccc(-c3cc(C(F)(F)F)ccc3Cl)nc12. The van der Waals surface area contributed by atoms with Gasteiger partial charge in [-0.25, -0.2) is 9.97 Å². The van der Waals surface area contributed by atoms with Crippen LogP contribution in [0.25, 0.3) is 22.3 Å². The third-order valence-electron chi connectivity index (χ3n) is 3.38. The Hall–Kier alpha value is -2.61. The molecular formula is C16H12ClF3N4O. The maximum absolute atomic E-state index is 13.0. The Labute approximate surface area is 145 Å². The lowest BCUT2D eigenvalue weighted by atomic mass is 10.1. The third kappa shape index (κ3) is 3.43. The van der Waals surface area contributed by atoms with E-state index in [2.05, 4.69) is 15.0 Å².